The summed E-state index contributed by atoms with van der Waals surface area (Å²) in [5.74, 6) is 0.529. The molecule has 0 aliphatic carbocycles. The van der Waals surface area contributed by atoms with Crippen LogP contribution in [0.2, 0.25) is 5.02 Å². The molecular formula is C19H13ClN2O4. The summed E-state index contributed by atoms with van der Waals surface area (Å²) >= 11 is 5.95. The van der Waals surface area contributed by atoms with E-state index in [0.717, 1.165) is 0 Å². The molecule has 0 saturated heterocycles. The van der Waals surface area contributed by atoms with Gasteiger partial charge in [-0.15, -0.1) is 0 Å². The molecule has 6 nitrogen and oxygen atoms in total. The van der Waals surface area contributed by atoms with Crippen LogP contribution in [0.4, 0.5) is 0 Å². The Kier molecular flexibility index (Phi) is 5.20. The summed E-state index contributed by atoms with van der Waals surface area (Å²) in [6.07, 6.45) is 1.58. The molecule has 1 heterocycles. The maximum Gasteiger partial charge on any atom is 0.363 e. The Morgan fingerprint density at radius 2 is 2.12 bits per heavy atom. The van der Waals surface area contributed by atoms with E-state index in [1.807, 2.05) is 6.07 Å². The van der Waals surface area contributed by atoms with E-state index in [4.69, 9.17) is 31.1 Å². The summed E-state index contributed by atoms with van der Waals surface area (Å²) in [4.78, 5) is 16.3. The van der Waals surface area contributed by atoms with Crippen LogP contribution in [0.1, 0.15) is 11.1 Å². The van der Waals surface area contributed by atoms with Crippen molar-refractivity contribution in [2.75, 3.05) is 13.7 Å². The number of carbonyl (C=O) groups is 1. The summed E-state index contributed by atoms with van der Waals surface area (Å²) in [6, 6.07) is 13.9. The molecular weight excluding hydrogens is 356 g/mol. The largest absolute Gasteiger partial charge is 0.493 e. The fraction of sp³-hybridized carbons (Fsp3) is 0.105. The van der Waals surface area contributed by atoms with E-state index in [1.165, 1.54) is 7.11 Å². The number of aliphatic imine (C=N–C) groups is 1. The van der Waals surface area contributed by atoms with Gasteiger partial charge < -0.3 is 14.2 Å². The van der Waals surface area contributed by atoms with Gasteiger partial charge in [0.1, 0.15) is 6.07 Å². The Hall–Kier alpha value is -3.30. The van der Waals surface area contributed by atoms with Crippen LogP contribution in [0.25, 0.3) is 6.08 Å². The number of cyclic esters (lactones) is 1. The standard InChI is InChI=1S/C19H13ClN2O4/c1-24-17-10-12(5-6-16(17)25-8-7-21)9-15-19(23)26-18(22-15)13-3-2-4-14(20)11-13/h2-6,9-11H,8H2,1H3/b15-9+. The summed E-state index contributed by atoms with van der Waals surface area (Å²) < 4.78 is 15.7. The van der Waals surface area contributed by atoms with Gasteiger partial charge in [0.15, 0.2) is 23.8 Å². The van der Waals surface area contributed by atoms with Gasteiger partial charge in [-0.3, -0.25) is 0 Å². The van der Waals surface area contributed by atoms with Crippen molar-refractivity contribution < 1.29 is 19.0 Å². The highest BCUT2D eigenvalue weighted by Gasteiger charge is 2.24. The van der Waals surface area contributed by atoms with Crippen LogP contribution in [0.3, 0.4) is 0 Å². The molecule has 0 bridgehead atoms. The number of methoxy groups -OCH3 is 1. The minimum absolute atomic E-state index is 0.0869. The predicted molar refractivity (Wildman–Crippen MR) is 96.2 cm³/mol. The fourth-order valence-electron chi connectivity index (χ4n) is 2.32. The van der Waals surface area contributed by atoms with Crippen molar-refractivity contribution in [1.82, 2.24) is 0 Å². The minimum Gasteiger partial charge on any atom is -0.493 e. The molecule has 2 aromatic carbocycles. The molecule has 0 saturated carbocycles. The van der Waals surface area contributed by atoms with Crippen LogP contribution < -0.4 is 9.47 Å². The van der Waals surface area contributed by atoms with Crippen molar-refractivity contribution in [3.8, 4) is 17.6 Å². The highest BCUT2D eigenvalue weighted by Crippen LogP contribution is 2.29. The number of halogens is 1. The molecule has 130 valence electrons. The molecule has 1 aliphatic rings. The van der Waals surface area contributed by atoms with E-state index in [1.54, 1.807) is 48.5 Å². The lowest BCUT2D eigenvalue weighted by molar-refractivity contribution is -0.129. The number of nitrogens with zero attached hydrogens (tertiary/aromatic N) is 2. The van der Waals surface area contributed by atoms with Crippen molar-refractivity contribution in [2.24, 2.45) is 4.99 Å². The molecule has 3 rings (SSSR count). The Morgan fingerprint density at radius 1 is 1.27 bits per heavy atom. The van der Waals surface area contributed by atoms with Crippen LogP contribution in [0.15, 0.2) is 53.2 Å². The number of nitriles is 1. The summed E-state index contributed by atoms with van der Waals surface area (Å²) in [5.41, 5.74) is 1.45. The minimum atomic E-state index is -0.552. The number of hydrogen-bond donors (Lipinski definition) is 0. The van der Waals surface area contributed by atoms with E-state index in [2.05, 4.69) is 4.99 Å². The SMILES string of the molecule is COc1cc(/C=C2/N=C(c3cccc(Cl)c3)OC2=O)ccc1OCC#N. The van der Waals surface area contributed by atoms with E-state index in [9.17, 15) is 4.79 Å². The molecule has 0 atom stereocenters. The van der Waals surface area contributed by atoms with E-state index >= 15 is 0 Å². The number of benzene rings is 2. The Morgan fingerprint density at radius 3 is 2.85 bits per heavy atom. The van der Waals surface area contributed by atoms with E-state index in [-0.39, 0.29) is 18.2 Å². The first-order valence-corrected chi connectivity index (χ1v) is 7.95. The molecule has 7 heteroatoms. The van der Waals surface area contributed by atoms with Crippen LogP contribution in [0.5, 0.6) is 11.5 Å². The lowest BCUT2D eigenvalue weighted by Crippen LogP contribution is -2.05. The molecule has 26 heavy (non-hydrogen) atoms. The Bertz CT molecular complexity index is 960. The second-order valence-electron chi connectivity index (χ2n) is 5.20. The second-order valence-corrected chi connectivity index (χ2v) is 5.64. The van der Waals surface area contributed by atoms with E-state index in [0.29, 0.717) is 27.6 Å². The van der Waals surface area contributed by atoms with Gasteiger partial charge in [-0.05, 0) is 42.0 Å². The van der Waals surface area contributed by atoms with Gasteiger partial charge in [0.25, 0.3) is 0 Å². The fourth-order valence-corrected chi connectivity index (χ4v) is 2.51. The number of esters is 1. The molecule has 2 aromatic rings. The molecule has 0 N–H and O–H groups in total. The summed E-state index contributed by atoms with van der Waals surface area (Å²) in [7, 11) is 1.49. The average molecular weight is 369 g/mol. The Labute approximate surface area is 154 Å². The van der Waals surface area contributed by atoms with Crippen LogP contribution >= 0.6 is 11.6 Å². The highest BCUT2D eigenvalue weighted by molar-refractivity contribution is 6.31. The third-order valence-electron chi connectivity index (χ3n) is 3.48. The quantitative estimate of drug-likeness (QED) is 0.595. The van der Waals surface area contributed by atoms with Crippen LogP contribution in [0, 0.1) is 11.3 Å². The lowest BCUT2D eigenvalue weighted by atomic mass is 10.1. The molecule has 0 amide bonds. The molecule has 0 spiro atoms. The van der Waals surface area contributed by atoms with Gasteiger partial charge >= 0.3 is 5.97 Å². The molecule has 0 aromatic heterocycles. The van der Waals surface area contributed by atoms with Crippen molar-refractivity contribution in [2.45, 2.75) is 0 Å². The smallest absolute Gasteiger partial charge is 0.363 e. The maximum absolute atomic E-state index is 12.1. The normalized spacial score (nSPS) is 14.6. The predicted octanol–water partition coefficient (Wildman–Crippen LogP) is 3.60. The molecule has 1 aliphatic heterocycles. The highest BCUT2D eigenvalue weighted by atomic mass is 35.5. The average Bonchev–Trinajstić information content (AvgIpc) is 3.01. The van der Waals surface area contributed by atoms with Gasteiger partial charge in [0.2, 0.25) is 5.90 Å². The lowest BCUT2D eigenvalue weighted by Gasteiger charge is -2.08. The first-order valence-electron chi connectivity index (χ1n) is 7.57. The van der Waals surface area contributed by atoms with Gasteiger partial charge in [-0.25, -0.2) is 9.79 Å². The Balaban J connectivity index is 1.89. The van der Waals surface area contributed by atoms with Gasteiger partial charge in [-0.1, -0.05) is 23.7 Å². The molecule has 0 fully saturated rings. The van der Waals surface area contributed by atoms with Crippen LogP contribution in [-0.2, 0) is 9.53 Å². The second kappa shape index (κ2) is 7.72. The summed E-state index contributed by atoms with van der Waals surface area (Å²) in [6.45, 7) is -0.0869. The zero-order chi connectivity index (χ0) is 18.5. The number of hydrogen-bond acceptors (Lipinski definition) is 6. The van der Waals surface area contributed by atoms with Gasteiger partial charge in [0.05, 0.1) is 7.11 Å². The third-order valence-corrected chi connectivity index (χ3v) is 3.71. The van der Waals surface area contributed by atoms with Crippen molar-refractivity contribution in [3.05, 3.63) is 64.3 Å². The zero-order valence-electron chi connectivity index (χ0n) is 13.7. The van der Waals surface area contributed by atoms with Gasteiger partial charge in [-0.2, -0.15) is 5.26 Å². The number of carbonyl (C=O) groups excluding carboxylic acids is 1. The summed E-state index contributed by atoms with van der Waals surface area (Å²) in [5, 5.41) is 9.13. The van der Waals surface area contributed by atoms with Crippen LogP contribution in [-0.4, -0.2) is 25.6 Å². The van der Waals surface area contributed by atoms with Crippen molar-refractivity contribution in [1.29, 1.82) is 5.26 Å². The topological polar surface area (TPSA) is 80.9 Å². The van der Waals surface area contributed by atoms with Gasteiger partial charge in [0, 0.05) is 10.6 Å². The van der Waals surface area contributed by atoms with E-state index < -0.39 is 5.97 Å². The first-order chi connectivity index (χ1) is 12.6. The first kappa shape index (κ1) is 17.5. The molecule has 0 unspecified atom stereocenters. The maximum atomic E-state index is 12.1. The monoisotopic (exact) mass is 368 g/mol. The number of rotatable bonds is 5. The number of ether oxygens (including phenoxy) is 3. The third kappa shape index (κ3) is 3.85. The van der Waals surface area contributed by atoms with Crippen molar-refractivity contribution in [3.63, 3.8) is 0 Å². The molecule has 0 radical (unpaired) electrons. The zero-order valence-corrected chi connectivity index (χ0v) is 14.5. The van der Waals surface area contributed by atoms with Crippen molar-refractivity contribution >= 4 is 29.5 Å².